The summed E-state index contributed by atoms with van der Waals surface area (Å²) in [5, 5.41) is 5.45. The van der Waals surface area contributed by atoms with Crippen LogP contribution in [0.3, 0.4) is 0 Å². The van der Waals surface area contributed by atoms with Gasteiger partial charge < -0.3 is 9.16 Å². The molecule has 1 fully saturated rings. The number of fused-ring (bicyclic) bond motifs is 1. The molecule has 0 N–H and O–H groups in total. The van der Waals surface area contributed by atoms with Crippen molar-refractivity contribution in [1.29, 1.82) is 0 Å². The molecule has 0 amide bonds. The molecule has 0 saturated carbocycles. The zero-order chi connectivity index (χ0) is 18.2. The number of hydrogen-bond donors (Lipinski definition) is 0. The van der Waals surface area contributed by atoms with E-state index in [1.807, 2.05) is 22.9 Å². The quantitative estimate of drug-likeness (QED) is 0.573. The van der Waals surface area contributed by atoms with E-state index in [0.717, 1.165) is 48.8 Å². The van der Waals surface area contributed by atoms with Gasteiger partial charge in [0.05, 0.1) is 5.52 Å². The van der Waals surface area contributed by atoms with Gasteiger partial charge in [0, 0.05) is 12.0 Å². The Kier molecular flexibility index (Phi) is 4.77. The van der Waals surface area contributed by atoms with Crippen molar-refractivity contribution in [3.63, 3.8) is 0 Å². The lowest BCUT2D eigenvalue weighted by atomic mass is 10.1. The first kappa shape index (κ1) is 18.1. The van der Waals surface area contributed by atoms with Gasteiger partial charge in [0.1, 0.15) is 11.4 Å². The molecule has 6 heteroatoms. The second kappa shape index (κ2) is 6.57. The van der Waals surface area contributed by atoms with Gasteiger partial charge in [-0.2, -0.15) is 5.10 Å². The zero-order valence-electron chi connectivity index (χ0n) is 15.8. The molecule has 1 saturated heterocycles. The predicted octanol–water partition coefficient (Wildman–Crippen LogP) is 4.93. The lowest BCUT2D eigenvalue weighted by Gasteiger charge is -2.36. The highest BCUT2D eigenvalue weighted by Gasteiger charge is 2.39. The van der Waals surface area contributed by atoms with E-state index in [4.69, 9.17) is 9.16 Å². The molecule has 1 unspecified atom stereocenters. The van der Waals surface area contributed by atoms with Gasteiger partial charge in [-0.05, 0) is 55.6 Å². The van der Waals surface area contributed by atoms with E-state index in [1.165, 1.54) is 0 Å². The number of aldehydes is 1. The molecule has 25 heavy (non-hydrogen) atoms. The number of carbonyl (C=O) groups excluding carboxylic acids is 1. The smallest absolute Gasteiger partial charge is 0.250 e. The molecule has 136 valence electrons. The van der Waals surface area contributed by atoms with Crippen molar-refractivity contribution in [1.82, 2.24) is 9.78 Å². The van der Waals surface area contributed by atoms with Crippen molar-refractivity contribution in [2.75, 3.05) is 6.61 Å². The third kappa shape index (κ3) is 3.51. The molecule has 5 nitrogen and oxygen atoms in total. The first-order chi connectivity index (χ1) is 11.7. The standard InChI is InChI=1S/C19H28N2O3Si/c1-19(2,3)25(4,5)24-14-9-10-17-15(12-14)16(13-22)20-21(17)18-8-6-7-11-23-18/h9-10,12-13,18H,6-8,11H2,1-5H3. The molecule has 1 aromatic heterocycles. The highest BCUT2D eigenvalue weighted by atomic mass is 28.4. The maximum Gasteiger partial charge on any atom is 0.250 e. The fourth-order valence-corrected chi connectivity index (χ4v) is 3.90. The van der Waals surface area contributed by atoms with E-state index in [2.05, 4.69) is 39.0 Å². The first-order valence-corrected chi connectivity index (χ1v) is 11.9. The summed E-state index contributed by atoms with van der Waals surface area (Å²) < 4.78 is 14.1. The van der Waals surface area contributed by atoms with Crippen LogP contribution in [0.5, 0.6) is 5.75 Å². The van der Waals surface area contributed by atoms with Gasteiger partial charge >= 0.3 is 0 Å². The van der Waals surface area contributed by atoms with Gasteiger partial charge in [-0.15, -0.1) is 0 Å². The van der Waals surface area contributed by atoms with Gasteiger partial charge in [-0.3, -0.25) is 4.79 Å². The Hall–Kier alpha value is -1.66. The van der Waals surface area contributed by atoms with Crippen LogP contribution in [0.2, 0.25) is 18.1 Å². The minimum Gasteiger partial charge on any atom is -0.543 e. The number of nitrogens with zero attached hydrogens (tertiary/aromatic N) is 2. The van der Waals surface area contributed by atoms with Crippen molar-refractivity contribution >= 4 is 25.5 Å². The van der Waals surface area contributed by atoms with Crippen LogP contribution in [0, 0.1) is 0 Å². The molecule has 0 aliphatic carbocycles. The third-order valence-corrected chi connectivity index (χ3v) is 9.78. The number of hydrogen-bond acceptors (Lipinski definition) is 4. The lowest BCUT2D eigenvalue weighted by Crippen LogP contribution is -2.43. The van der Waals surface area contributed by atoms with Crippen molar-refractivity contribution in [2.24, 2.45) is 0 Å². The van der Waals surface area contributed by atoms with Gasteiger partial charge in [0.15, 0.2) is 12.5 Å². The molecule has 2 aromatic rings. The summed E-state index contributed by atoms with van der Waals surface area (Å²) in [5.41, 5.74) is 1.38. The second-order valence-electron chi connectivity index (χ2n) is 8.31. The number of benzene rings is 1. The van der Waals surface area contributed by atoms with E-state index >= 15 is 0 Å². The number of carbonyl (C=O) groups is 1. The van der Waals surface area contributed by atoms with Crippen LogP contribution < -0.4 is 4.43 Å². The molecule has 0 radical (unpaired) electrons. The number of ether oxygens (including phenoxy) is 1. The normalized spacial score (nSPS) is 19.2. The van der Waals surface area contributed by atoms with E-state index in [9.17, 15) is 4.79 Å². The maximum atomic E-state index is 11.5. The summed E-state index contributed by atoms with van der Waals surface area (Å²) in [7, 11) is -1.93. The highest BCUT2D eigenvalue weighted by molar-refractivity contribution is 6.74. The Morgan fingerprint density at radius 2 is 2.08 bits per heavy atom. The Labute approximate surface area is 150 Å². The van der Waals surface area contributed by atoms with Gasteiger partial charge in [0.25, 0.3) is 0 Å². The van der Waals surface area contributed by atoms with Crippen LogP contribution in [0.25, 0.3) is 10.9 Å². The number of rotatable bonds is 4. The summed E-state index contributed by atoms with van der Waals surface area (Å²) >= 11 is 0. The minimum absolute atomic E-state index is 0.0860. The average Bonchev–Trinajstić information content (AvgIpc) is 2.92. The molecule has 3 rings (SSSR count). The Morgan fingerprint density at radius 3 is 2.68 bits per heavy atom. The minimum atomic E-state index is -1.93. The Bertz CT molecular complexity index is 771. The van der Waals surface area contributed by atoms with Crippen molar-refractivity contribution in [3.05, 3.63) is 23.9 Å². The molecule has 1 aliphatic heterocycles. The van der Waals surface area contributed by atoms with Crippen LogP contribution in [0.1, 0.15) is 56.8 Å². The molecular formula is C19H28N2O3Si. The van der Waals surface area contributed by atoms with Gasteiger partial charge in [-0.1, -0.05) is 20.8 Å². The summed E-state index contributed by atoms with van der Waals surface area (Å²) in [6.07, 6.45) is 3.86. The molecule has 0 bridgehead atoms. The fourth-order valence-electron chi connectivity index (χ4n) is 2.88. The number of aromatic nitrogens is 2. The topological polar surface area (TPSA) is 53.3 Å². The van der Waals surface area contributed by atoms with Crippen molar-refractivity contribution < 1.29 is 14.0 Å². The Morgan fingerprint density at radius 1 is 1.32 bits per heavy atom. The summed E-state index contributed by atoms with van der Waals surface area (Å²) in [6, 6.07) is 5.93. The van der Waals surface area contributed by atoms with E-state index in [0.29, 0.717) is 5.69 Å². The van der Waals surface area contributed by atoms with Crippen molar-refractivity contribution in [2.45, 2.75) is 64.4 Å². The second-order valence-corrected chi connectivity index (χ2v) is 13.0. The van der Waals surface area contributed by atoms with Crippen LogP contribution in [-0.2, 0) is 4.74 Å². The largest absolute Gasteiger partial charge is 0.543 e. The van der Waals surface area contributed by atoms with Crippen LogP contribution in [-0.4, -0.2) is 31.0 Å². The van der Waals surface area contributed by atoms with Crippen LogP contribution >= 0.6 is 0 Å². The Balaban J connectivity index is 1.99. The van der Waals surface area contributed by atoms with Gasteiger partial charge in [-0.25, -0.2) is 4.68 Å². The average molecular weight is 361 g/mol. The van der Waals surface area contributed by atoms with Crippen LogP contribution in [0.15, 0.2) is 18.2 Å². The SMILES string of the molecule is CC(C)(C)[Si](C)(C)Oc1ccc2c(c1)c(C=O)nn2C1CCCCO1. The summed E-state index contributed by atoms with van der Waals surface area (Å²) in [5.74, 6) is 0.811. The molecule has 1 aromatic carbocycles. The zero-order valence-corrected chi connectivity index (χ0v) is 16.8. The van der Waals surface area contributed by atoms with E-state index in [-0.39, 0.29) is 11.3 Å². The van der Waals surface area contributed by atoms with E-state index < -0.39 is 8.32 Å². The van der Waals surface area contributed by atoms with E-state index in [1.54, 1.807) is 0 Å². The summed E-state index contributed by atoms with van der Waals surface area (Å²) in [4.78, 5) is 11.5. The first-order valence-electron chi connectivity index (χ1n) is 9.01. The molecule has 1 aliphatic rings. The molecular weight excluding hydrogens is 332 g/mol. The summed E-state index contributed by atoms with van der Waals surface area (Å²) in [6.45, 7) is 11.8. The molecule has 2 heterocycles. The molecule has 1 atom stereocenters. The third-order valence-electron chi connectivity index (χ3n) is 5.43. The molecule has 0 spiro atoms. The highest BCUT2D eigenvalue weighted by Crippen LogP contribution is 2.38. The maximum absolute atomic E-state index is 11.5. The monoisotopic (exact) mass is 360 g/mol. The lowest BCUT2D eigenvalue weighted by molar-refractivity contribution is -0.0367. The van der Waals surface area contributed by atoms with Crippen LogP contribution in [0.4, 0.5) is 0 Å². The fraction of sp³-hybridized carbons (Fsp3) is 0.579. The van der Waals surface area contributed by atoms with Crippen molar-refractivity contribution in [3.8, 4) is 5.75 Å². The van der Waals surface area contributed by atoms with Gasteiger partial charge in [0.2, 0.25) is 8.32 Å². The predicted molar refractivity (Wildman–Crippen MR) is 102 cm³/mol.